The minimum absolute atomic E-state index is 0.00520. The van der Waals surface area contributed by atoms with Gasteiger partial charge in [0.15, 0.2) is 0 Å². The molecular weight excluding hydrogens is 339 g/mol. The minimum Gasteiger partial charge on any atom is -0.507 e. The van der Waals surface area contributed by atoms with Gasteiger partial charge in [0.25, 0.3) is 0 Å². The van der Waals surface area contributed by atoms with E-state index in [-0.39, 0.29) is 41.4 Å². The second kappa shape index (κ2) is 7.44. The molecule has 0 bridgehead atoms. The summed E-state index contributed by atoms with van der Waals surface area (Å²) in [6, 6.07) is 3.07. The second-order valence-electron chi connectivity index (χ2n) is 7.42. The Morgan fingerprint density at radius 1 is 1.35 bits per heavy atom. The third kappa shape index (κ3) is 4.12. The van der Waals surface area contributed by atoms with Crippen molar-refractivity contribution < 1.29 is 29.8 Å². The summed E-state index contributed by atoms with van der Waals surface area (Å²) < 4.78 is 5.78. The molecule has 1 heterocycles. The fourth-order valence-corrected chi connectivity index (χ4v) is 3.55. The summed E-state index contributed by atoms with van der Waals surface area (Å²) in [7, 11) is -1.51. The van der Waals surface area contributed by atoms with Crippen LogP contribution in [0, 0.1) is 0 Å². The highest BCUT2D eigenvalue weighted by molar-refractivity contribution is 6.41. The van der Waals surface area contributed by atoms with Gasteiger partial charge in [0.2, 0.25) is 0 Å². The predicted octanol–water partition coefficient (Wildman–Crippen LogP) is 0.0501. The maximum atomic E-state index is 11.6. The number of nitrogens with zero attached hydrogens (tertiary/aromatic N) is 1. The molecule has 0 aromatic heterocycles. The van der Waals surface area contributed by atoms with Gasteiger partial charge in [-0.2, -0.15) is 0 Å². The number of aryl methyl sites for hydroxylation is 1. The number of carboxylic acids is 1. The van der Waals surface area contributed by atoms with Crippen LogP contribution in [-0.2, 0) is 6.42 Å². The molecule has 0 unspecified atom stereocenters. The Morgan fingerprint density at radius 2 is 2.04 bits per heavy atom. The van der Waals surface area contributed by atoms with E-state index in [1.165, 1.54) is 12.5 Å². The van der Waals surface area contributed by atoms with E-state index >= 15 is 0 Å². The highest BCUT2D eigenvalue weighted by atomic mass is 16.5. The molecule has 142 valence electrons. The number of nitrogens with two attached hydrogens (primary N) is 1. The third-order valence-electron chi connectivity index (χ3n) is 5.21. The number of benzene rings is 1. The predicted molar refractivity (Wildman–Crippen MR) is 95.4 cm³/mol. The Labute approximate surface area is 152 Å². The van der Waals surface area contributed by atoms with Crippen molar-refractivity contribution in [3.63, 3.8) is 0 Å². The summed E-state index contributed by atoms with van der Waals surface area (Å²) in [6.07, 6.45) is 3.27. The van der Waals surface area contributed by atoms with Crippen molar-refractivity contribution in [2.24, 2.45) is 5.73 Å². The van der Waals surface area contributed by atoms with Crippen LogP contribution in [0.15, 0.2) is 12.1 Å². The molecule has 2 fully saturated rings. The van der Waals surface area contributed by atoms with Crippen LogP contribution in [0.2, 0.25) is 6.32 Å². The topological polar surface area (TPSA) is 136 Å². The van der Waals surface area contributed by atoms with Crippen LogP contribution < -0.4 is 10.5 Å². The molecule has 1 aliphatic heterocycles. The first kappa shape index (κ1) is 19.0. The summed E-state index contributed by atoms with van der Waals surface area (Å²) in [5.41, 5.74) is 6.20. The van der Waals surface area contributed by atoms with Crippen LogP contribution in [-0.4, -0.2) is 69.5 Å². The zero-order chi connectivity index (χ0) is 18.9. The van der Waals surface area contributed by atoms with Crippen molar-refractivity contribution in [2.45, 2.75) is 43.6 Å². The van der Waals surface area contributed by atoms with Crippen molar-refractivity contribution in [3.05, 3.63) is 23.3 Å². The maximum Gasteiger partial charge on any atom is 0.451 e. The van der Waals surface area contributed by atoms with Crippen LogP contribution >= 0.6 is 0 Å². The molecule has 1 saturated heterocycles. The molecule has 0 radical (unpaired) electrons. The molecule has 1 aliphatic carbocycles. The lowest BCUT2D eigenvalue weighted by Gasteiger charge is -2.47. The fourth-order valence-electron chi connectivity index (χ4n) is 3.55. The second-order valence-corrected chi connectivity index (χ2v) is 7.42. The number of phenols is 1. The van der Waals surface area contributed by atoms with Gasteiger partial charge in [0, 0.05) is 25.2 Å². The summed E-state index contributed by atoms with van der Waals surface area (Å²) >= 11 is 0. The van der Waals surface area contributed by atoms with E-state index < -0.39 is 13.1 Å². The average molecular weight is 364 g/mol. The Kier molecular flexibility index (Phi) is 5.43. The smallest absolute Gasteiger partial charge is 0.451 e. The molecule has 0 amide bonds. The Balaban J connectivity index is 1.62. The van der Waals surface area contributed by atoms with E-state index in [2.05, 4.69) is 4.90 Å². The van der Waals surface area contributed by atoms with E-state index in [1.807, 2.05) is 0 Å². The van der Waals surface area contributed by atoms with E-state index in [9.17, 15) is 15.0 Å². The van der Waals surface area contributed by atoms with E-state index in [0.717, 1.165) is 19.4 Å². The summed E-state index contributed by atoms with van der Waals surface area (Å²) in [4.78, 5) is 13.7. The number of hydrogen-bond donors (Lipinski definition) is 5. The van der Waals surface area contributed by atoms with Gasteiger partial charge in [-0.1, -0.05) is 6.07 Å². The Hall–Kier alpha value is -1.81. The highest BCUT2D eigenvalue weighted by Gasteiger charge is 2.39. The van der Waals surface area contributed by atoms with Gasteiger partial charge in [-0.3, -0.25) is 4.90 Å². The van der Waals surface area contributed by atoms with Gasteiger partial charge < -0.3 is 30.7 Å². The molecule has 2 aliphatic rings. The minimum atomic E-state index is -1.51. The molecule has 8 nitrogen and oxygen atoms in total. The van der Waals surface area contributed by atoms with Crippen LogP contribution in [0.4, 0.5) is 0 Å². The first-order valence-corrected chi connectivity index (χ1v) is 8.89. The average Bonchev–Trinajstić information content (AvgIpc) is 2.49. The van der Waals surface area contributed by atoms with Crippen LogP contribution in [0.1, 0.15) is 35.2 Å². The lowest BCUT2D eigenvalue weighted by molar-refractivity contribution is -0.00522. The van der Waals surface area contributed by atoms with Crippen LogP contribution in [0.3, 0.4) is 0 Å². The van der Waals surface area contributed by atoms with Gasteiger partial charge >= 0.3 is 13.1 Å². The standard InChI is InChI=1S/C17H25BN2O6/c19-17(5-1-6-17)10-20-8-12(9-20)26-13-3-2-11(4-7-18(24)25)15(21)14(13)16(22)23/h2-3,12,21,24-25H,1,4-10,19H2,(H,22,23). The lowest BCUT2D eigenvalue weighted by Crippen LogP contribution is -2.62. The summed E-state index contributed by atoms with van der Waals surface area (Å²) in [5.74, 6) is -1.54. The van der Waals surface area contributed by atoms with E-state index in [0.29, 0.717) is 18.7 Å². The largest absolute Gasteiger partial charge is 0.507 e. The van der Waals surface area contributed by atoms with Crippen molar-refractivity contribution in [1.82, 2.24) is 4.90 Å². The quantitative estimate of drug-likeness (QED) is 0.408. The Morgan fingerprint density at radius 3 is 2.58 bits per heavy atom. The summed E-state index contributed by atoms with van der Waals surface area (Å²) in [6.45, 7) is 2.18. The first-order chi connectivity index (χ1) is 12.3. The summed E-state index contributed by atoms with van der Waals surface area (Å²) in [5, 5.41) is 37.6. The van der Waals surface area contributed by atoms with Gasteiger partial charge in [-0.05, 0) is 43.6 Å². The third-order valence-corrected chi connectivity index (χ3v) is 5.21. The van der Waals surface area contributed by atoms with Crippen molar-refractivity contribution in [2.75, 3.05) is 19.6 Å². The number of hydrogen-bond acceptors (Lipinski definition) is 7. The molecule has 26 heavy (non-hydrogen) atoms. The molecular formula is C17H25BN2O6. The van der Waals surface area contributed by atoms with Gasteiger partial charge in [-0.25, -0.2) is 4.79 Å². The first-order valence-electron chi connectivity index (χ1n) is 8.89. The molecule has 0 atom stereocenters. The number of aromatic carboxylic acids is 1. The van der Waals surface area contributed by atoms with Gasteiger partial charge in [0.05, 0.1) is 0 Å². The van der Waals surface area contributed by atoms with Crippen molar-refractivity contribution in [3.8, 4) is 11.5 Å². The van der Waals surface area contributed by atoms with E-state index in [4.69, 9.17) is 20.5 Å². The maximum absolute atomic E-state index is 11.6. The molecule has 6 N–H and O–H groups in total. The molecule has 1 saturated carbocycles. The number of aromatic hydroxyl groups is 1. The zero-order valence-electron chi connectivity index (χ0n) is 14.6. The molecule has 9 heteroatoms. The van der Waals surface area contributed by atoms with Crippen LogP contribution in [0.5, 0.6) is 11.5 Å². The number of carboxylic acid groups (broad SMARTS) is 1. The van der Waals surface area contributed by atoms with E-state index in [1.54, 1.807) is 6.07 Å². The van der Waals surface area contributed by atoms with Gasteiger partial charge in [-0.15, -0.1) is 0 Å². The normalized spacial score (nSPS) is 19.5. The fraction of sp³-hybridized carbons (Fsp3) is 0.588. The molecule has 1 aromatic carbocycles. The molecule has 1 aromatic rings. The molecule has 0 spiro atoms. The van der Waals surface area contributed by atoms with Crippen molar-refractivity contribution >= 4 is 13.1 Å². The lowest BCUT2D eigenvalue weighted by atomic mass is 9.77. The number of ether oxygens (including phenoxy) is 1. The monoisotopic (exact) mass is 364 g/mol. The number of carbonyl (C=O) groups is 1. The number of rotatable bonds is 8. The van der Waals surface area contributed by atoms with Crippen molar-refractivity contribution in [1.29, 1.82) is 0 Å². The number of likely N-dealkylation sites (tertiary alicyclic amines) is 1. The van der Waals surface area contributed by atoms with Gasteiger partial charge in [0.1, 0.15) is 23.2 Å². The SMILES string of the molecule is NC1(CN2CC(Oc3ccc(CCB(O)O)c(O)c3C(=O)O)C2)CCC1. The van der Waals surface area contributed by atoms with Crippen LogP contribution in [0.25, 0.3) is 0 Å². The molecule has 3 rings (SSSR count). The zero-order valence-corrected chi connectivity index (χ0v) is 14.6. The Bertz CT molecular complexity index is 673. The highest BCUT2D eigenvalue weighted by Crippen LogP contribution is 2.35.